The third-order valence-electron chi connectivity index (χ3n) is 6.44. The van der Waals surface area contributed by atoms with Crippen LogP contribution in [-0.2, 0) is 16.0 Å². The van der Waals surface area contributed by atoms with E-state index in [2.05, 4.69) is 77.3 Å². The minimum absolute atomic E-state index is 0.403. The number of methoxy groups -OCH3 is 1. The van der Waals surface area contributed by atoms with Crippen molar-refractivity contribution in [3.63, 3.8) is 0 Å². The molecule has 0 bridgehead atoms. The number of aromatic nitrogens is 1. The first-order chi connectivity index (χ1) is 19.6. The average molecular weight is 559 g/mol. The number of esters is 1. The molecule has 0 saturated carbocycles. The highest BCUT2D eigenvalue weighted by atomic mass is 32.2. The van der Waals surface area contributed by atoms with Crippen LogP contribution in [0.1, 0.15) is 10.4 Å². The molecule has 6 heteroatoms. The maximum atomic E-state index is 11.7. The zero-order valence-corrected chi connectivity index (χ0v) is 23.5. The number of para-hydroxylation sites is 1. The number of ether oxygens (including phenoxy) is 1. The molecule has 0 aliphatic carbocycles. The van der Waals surface area contributed by atoms with Crippen molar-refractivity contribution < 1.29 is 9.53 Å². The second-order valence-electron chi connectivity index (χ2n) is 8.86. The third-order valence-corrected chi connectivity index (χ3v) is 8.31. The molecule has 0 radical (unpaired) electrons. The Morgan fingerprint density at radius 1 is 1.05 bits per heavy atom. The first kappa shape index (κ1) is 27.0. The molecule has 4 nitrogen and oxygen atoms in total. The van der Waals surface area contributed by atoms with Crippen LogP contribution in [0.5, 0.6) is 0 Å². The van der Waals surface area contributed by atoms with Gasteiger partial charge in [0.25, 0.3) is 0 Å². The summed E-state index contributed by atoms with van der Waals surface area (Å²) in [5.41, 5.74) is 6.88. The van der Waals surface area contributed by atoms with E-state index in [4.69, 9.17) is 4.74 Å². The van der Waals surface area contributed by atoms with E-state index < -0.39 is 5.97 Å². The van der Waals surface area contributed by atoms with E-state index in [-0.39, 0.29) is 0 Å². The van der Waals surface area contributed by atoms with Gasteiger partial charge in [0.1, 0.15) is 10.9 Å². The van der Waals surface area contributed by atoms with Crippen molar-refractivity contribution >= 4 is 40.2 Å². The molecule has 40 heavy (non-hydrogen) atoms. The van der Waals surface area contributed by atoms with Gasteiger partial charge in [-0.05, 0) is 65.2 Å². The summed E-state index contributed by atoms with van der Waals surface area (Å²) in [6.07, 6.45) is 7.77. The second-order valence-corrected chi connectivity index (χ2v) is 10.8. The molecule has 2 aromatic heterocycles. The van der Waals surface area contributed by atoms with Crippen LogP contribution in [0, 0.1) is 11.3 Å². The number of allylic oxidation sites excluding steroid dienone is 3. The van der Waals surface area contributed by atoms with E-state index in [1.807, 2.05) is 41.8 Å². The second kappa shape index (κ2) is 12.5. The van der Waals surface area contributed by atoms with E-state index in [0.29, 0.717) is 10.5 Å². The number of rotatable bonds is 9. The number of benzene rings is 3. The number of fused-ring (bicyclic) bond motifs is 1. The van der Waals surface area contributed by atoms with Gasteiger partial charge < -0.3 is 4.74 Å². The van der Waals surface area contributed by atoms with Crippen molar-refractivity contribution in [2.24, 2.45) is 0 Å². The normalized spacial score (nSPS) is 11.6. The fourth-order valence-corrected chi connectivity index (χ4v) is 6.24. The van der Waals surface area contributed by atoms with E-state index >= 15 is 0 Å². The van der Waals surface area contributed by atoms with Crippen LogP contribution < -0.4 is 0 Å². The number of hydrogen-bond donors (Lipinski definition) is 0. The van der Waals surface area contributed by atoms with Crippen LogP contribution in [0.15, 0.2) is 132 Å². The molecule has 0 atom stereocenters. The van der Waals surface area contributed by atoms with E-state index in [1.165, 1.54) is 24.5 Å². The van der Waals surface area contributed by atoms with Crippen LogP contribution in [0.4, 0.5) is 0 Å². The Balaban J connectivity index is 1.50. The summed E-state index contributed by atoms with van der Waals surface area (Å²) in [7, 11) is 1.36. The van der Waals surface area contributed by atoms with Gasteiger partial charge in [0.15, 0.2) is 0 Å². The van der Waals surface area contributed by atoms with Gasteiger partial charge in [-0.15, -0.1) is 11.3 Å². The monoisotopic (exact) mass is 558 g/mol. The lowest BCUT2D eigenvalue weighted by Gasteiger charge is -2.12. The van der Waals surface area contributed by atoms with E-state index in [0.717, 1.165) is 50.2 Å². The molecule has 3 aromatic carbocycles. The fraction of sp³-hybridized carbons (Fsp3) is 0.0588. The van der Waals surface area contributed by atoms with E-state index in [9.17, 15) is 10.1 Å². The summed E-state index contributed by atoms with van der Waals surface area (Å²) >= 11 is 3.14. The lowest BCUT2D eigenvalue weighted by molar-refractivity contribution is -0.135. The van der Waals surface area contributed by atoms with Crippen molar-refractivity contribution in [2.45, 2.75) is 11.3 Å². The number of carbonyl (C=O) groups is 1. The Morgan fingerprint density at radius 3 is 2.52 bits per heavy atom. The smallest absolute Gasteiger partial charge is 0.337 e. The Kier molecular flexibility index (Phi) is 8.46. The summed E-state index contributed by atoms with van der Waals surface area (Å²) in [5, 5.41) is 12.9. The summed E-state index contributed by atoms with van der Waals surface area (Å²) in [5.74, 6) is -0.403. The number of carbonyl (C=O) groups excluding carboxylic acids is 1. The van der Waals surface area contributed by atoms with Gasteiger partial charge in [0.05, 0.1) is 23.9 Å². The lowest BCUT2D eigenvalue weighted by atomic mass is 9.99. The summed E-state index contributed by atoms with van der Waals surface area (Å²) in [4.78, 5) is 13.5. The predicted octanol–water partition coefficient (Wildman–Crippen LogP) is 8.85. The SMILES string of the molecule is C=C/C(=C\C=C/Cc1ccc(Sn2c(-c3ccccc3)c(-c3ccsc3C#N)c3ccccc32)cc1)C(=O)OC. The summed E-state index contributed by atoms with van der Waals surface area (Å²) < 4.78 is 7.03. The largest absolute Gasteiger partial charge is 0.465 e. The Labute approximate surface area is 242 Å². The van der Waals surface area contributed by atoms with Crippen LogP contribution in [-0.4, -0.2) is 17.1 Å². The van der Waals surface area contributed by atoms with Crippen LogP contribution in [0.3, 0.4) is 0 Å². The molecule has 0 saturated heterocycles. The molecule has 0 spiro atoms. The van der Waals surface area contributed by atoms with Gasteiger partial charge in [-0.25, -0.2) is 4.79 Å². The fourth-order valence-electron chi connectivity index (χ4n) is 4.53. The van der Waals surface area contributed by atoms with Crippen molar-refractivity contribution in [3.05, 3.63) is 137 Å². The molecule has 2 heterocycles. The third kappa shape index (κ3) is 5.57. The number of nitrogens with zero attached hydrogens (tertiary/aromatic N) is 2. The first-order valence-corrected chi connectivity index (χ1v) is 14.3. The molecular formula is C34H26N2O2S2. The lowest BCUT2D eigenvalue weighted by Crippen LogP contribution is -2.01. The molecular weight excluding hydrogens is 533 g/mol. The van der Waals surface area contributed by atoms with Crippen LogP contribution in [0.2, 0.25) is 0 Å². The topological polar surface area (TPSA) is 55.0 Å². The molecule has 0 unspecified atom stereocenters. The molecule has 5 aromatic rings. The summed E-state index contributed by atoms with van der Waals surface area (Å²) in [6.45, 7) is 3.66. The number of hydrogen-bond acceptors (Lipinski definition) is 5. The average Bonchev–Trinajstić information content (AvgIpc) is 3.60. The highest BCUT2D eigenvalue weighted by molar-refractivity contribution is 7.98. The van der Waals surface area contributed by atoms with E-state index in [1.54, 1.807) is 18.0 Å². The van der Waals surface area contributed by atoms with Gasteiger partial charge in [-0.2, -0.15) is 5.26 Å². The minimum Gasteiger partial charge on any atom is -0.465 e. The number of thiophene rings is 1. The molecule has 196 valence electrons. The summed E-state index contributed by atoms with van der Waals surface area (Å²) in [6, 6.07) is 31.7. The van der Waals surface area contributed by atoms with Gasteiger partial charge in [-0.1, -0.05) is 85.5 Å². The molecule has 0 aliphatic heterocycles. The van der Waals surface area contributed by atoms with Gasteiger partial charge in [0.2, 0.25) is 0 Å². The molecule has 0 N–H and O–H groups in total. The standard InChI is InChI=1S/C34H26N2O2S2/c1-3-25(34(37)38-2)12-8-7-11-24-17-19-27(20-18-24)40-36-30-16-10-9-15-28(30)32(29-21-22-39-31(29)23-35)33(36)26-13-5-4-6-14-26/h3-10,12-22H,1,11H2,2H3/b8-7-,25-12+. The van der Waals surface area contributed by atoms with Crippen LogP contribution >= 0.6 is 23.3 Å². The van der Waals surface area contributed by atoms with Crippen molar-refractivity contribution in [2.75, 3.05) is 7.11 Å². The Morgan fingerprint density at radius 2 is 1.80 bits per heavy atom. The van der Waals surface area contributed by atoms with Crippen molar-refractivity contribution in [1.82, 2.24) is 3.97 Å². The zero-order valence-electron chi connectivity index (χ0n) is 21.9. The Bertz CT molecular complexity index is 1770. The van der Waals surface area contributed by atoms with Gasteiger partial charge in [0, 0.05) is 21.4 Å². The molecule has 0 fully saturated rings. The Hall–Kier alpha value is -4.57. The van der Waals surface area contributed by atoms with Crippen LogP contribution in [0.25, 0.3) is 33.3 Å². The van der Waals surface area contributed by atoms with Crippen molar-refractivity contribution in [1.29, 1.82) is 5.26 Å². The quantitative estimate of drug-likeness (QED) is 0.103. The molecule has 0 amide bonds. The van der Waals surface area contributed by atoms with Crippen molar-refractivity contribution in [3.8, 4) is 28.5 Å². The zero-order chi connectivity index (χ0) is 27.9. The predicted molar refractivity (Wildman–Crippen MR) is 166 cm³/mol. The highest BCUT2D eigenvalue weighted by Gasteiger charge is 2.23. The maximum absolute atomic E-state index is 11.7. The van der Waals surface area contributed by atoms with Gasteiger partial charge >= 0.3 is 5.97 Å². The highest BCUT2D eigenvalue weighted by Crippen LogP contribution is 2.46. The number of nitriles is 1. The molecule has 0 aliphatic rings. The first-order valence-electron chi connectivity index (χ1n) is 12.7. The molecule has 5 rings (SSSR count). The van der Waals surface area contributed by atoms with Gasteiger partial charge in [-0.3, -0.25) is 3.97 Å². The minimum atomic E-state index is -0.403. The maximum Gasteiger partial charge on any atom is 0.337 e.